The molecule has 116 valence electrons. The summed E-state index contributed by atoms with van der Waals surface area (Å²) in [7, 11) is 3.32. The van der Waals surface area contributed by atoms with Crippen LogP contribution in [0.5, 0.6) is 0 Å². The zero-order valence-corrected chi connectivity index (χ0v) is 13.6. The Morgan fingerprint density at radius 1 is 1.43 bits per heavy atom. The van der Waals surface area contributed by atoms with Gasteiger partial charge in [-0.3, -0.25) is 4.79 Å². The van der Waals surface area contributed by atoms with E-state index in [0.29, 0.717) is 10.7 Å². The fourth-order valence-corrected chi connectivity index (χ4v) is 3.16. The molecule has 1 unspecified atom stereocenters. The van der Waals surface area contributed by atoms with Gasteiger partial charge in [0.05, 0.1) is 0 Å². The third-order valence-corrected chi connectivity index (χ3v) is 4.26. The molecule has 1 aromatic carbocycles. The monoisotopic (exact) mass is 326 g/mol. The number of carbonyl (C=O) groups is 1. The second-order valence-corrected chi connectivity index (χ2v) is 5.93. The molecule has 1 aliphatic carbocycles. The molecule has 0 radical (unpaired) electrons. The molecule has 0 aromatic heterocycles. The SMILES string of the molecule is COC1C=C2C(=CN(C)C(C#N)=C2c2cccc(Cl)c2)CC1=O. The lowest BCUT2D eigenvalue weighted by molar-refractivity contribution is -0.125. The molecule has 0 bridgehead atoms. The molecule has 1 heterocycles. The average Bonchev–Trinajstić information content (AvgIpc) is 2.53. The fraction of sp³-hybridized carbons (Fsp3) is 0.222. The van der Waals surface area contributed by atoms with E-state index in [2.05, 4.69) is 6.07 Å². The van der Waals surface area contributed by atoms with Crippen molar-refractivity contribution in [1.29, 1.82) is 5.26 Å². The smallest absolute Gasteiger partial charge is 0.169 e. The number of carbonyl (C=O) groups excluding carboxylic acids is 1. The Bertz CT molecular complexity index is 815. The van der Waals surface area contributed by atoms with Gasteiger partial charge in [0.1, 0.15) is 17.9 Å². The topological polar surface area (TPSA) is 53.3 Å². The minimum absolute atomic E-state index is 0.0155. The summed E-state index contributed by atoms with van der Waals surface area (Å²) in [6.45, 7) is 0. The predicted octanol–water partition coefficient (Wildman–Crippen LogP) is 3.32. The summed E-state index contributed by atoms with van der Waals surface area (Å²) in [6.07, 6.45) is 3.33. The summed E-state index contributed by atoms with van der Waals surface area (Å²) in [5.41, 5.74) is 3.91. The quantitative estimate of drug-likeness (QED) is 0.836. The van der Waals surface area contributed by atoms with E-state index in [4.69, 9.17) is 16.3 Å². The number of ether oxygens (including phenoxy) is 1. The number of ketones is 1. The maximum Gasteiger partial charge on any atom is 0.169 e. The lowest BCUT2D eigenvalue weighted by atomic mass is 9.81. The van der Waals surface area contributed by atoms with Crippen LogP contribution in [0, 0.1) is 11.3 Å². The molecule has 3 rings (SSSR count). The van der Waals surface area contributed by atoms with Crippen LogP contribution in [-0.2, 0) is 9.53 Å². The van der Waals surface area contributed by atoms with Gasteiger partial charge in [0, 0.05) is 37.4 Å². The van der Waals surface area contributed by atoms with E-state index >= 15 is 0 Å². The Balaban J connectivity index is 2.24. The van der Waals surface area contributed by atoms with Crippen molar-refractivity contribution in [2.24, 2.45) is 0 Å². The van der Waals surface area contributed by atoms with Crippen LogP contribution in [0.2, 0.25) is 5.02 Å². The number of rotatable bonds is 2. The molecule has 1 aromatic rings. The van der Waals surface area contributed by atoms with Crippen LogP contribution in [0.3, 0.4) is 0 Å². The number of Topliss-reactive ketones (excluding diaryl/α,β-unsaturated/α-hetero) is 1. The van der Waals surface area contributed by atoms with Crippen molar-refractivity contribution >= 4 is 23.0 Å². The van der Waals surface area contributed by atoms with Crippen LogP contribution < -0.4 is 0 Å². The number of fused-ring (bicyclic) bond motifs is 1. The summed E-state index contributed by atoms with van der Waals surface area (Å²) in [6, 6.07) is 9.62. The summed E-state index contributed by atoms with van der Waals surface area (Å²) < 4.78 is 5.26. The lowest BCUT2D eigenvalue weighted by Crippen LogP contribution is -2.29. The number of nitriles is 1. The summed E-state index contributed by atoms with van der Waals surface area (Å²) in [5.74, 6) is 0.0155. The molecule has 23 heavy (non-hydrogen) atoms. The van der Waals surface area contributed by atoms with Crippen molar-refractivity contribution in [3.8, 4) is 6.07 Å². The van der Waals surface area contributed by atoms with Gasteiger partial charge in [-0.2, -0.15) is 5.26 Å². The molecule has 0 N–H and O–H groups in total. The Morgan fingerprint density at radius 3 is 2.87 bits per heavy atom. The second kappa shape index (κ2) is 6.04. The average molecular weight is 327 g/mol. The van der Waals surface area contributed by atoms with Gasteiger partial charge in [-0.1, -0.05) is 23.7 Å². The number of hydrogen-bond donors (Lipinski definition) is 0. The molecule has 0 spiro atoms. The van der Waals surface area contributed by atoms with Gasteiger partial charge in [0.25, 0.3) is 0 Å². The number of hydrogen-bond acceptors (Lipinski definition) is 4. The Hall–Kier alpha value is -2.35. The summed E-state index contributed by atoms with van der Waals surface area (Å²) in [4.78, 5) is 13.9. The van der Waals surface area contributed by atoms with Crippen LogP contribution in [-0.4, -0.2) is 30.9 Å². The van der Waals surface area contributed by atoms with Crippen LogP contribution in [0.15, 0.2) is 53.4 Å². The molecule has 1 aliphatic heterocycles. The van der Waals surface area contributed by atoms with Gasteiger partial charge in [-0.15, -0.1) is 0 Å². The Kier molecular flexibility index (Phi) is 4.08. The highest BCUT2D eigenvalue weighted by atomic mass is 35.5. The molecule has 0 saturated carbocycles. The molecular weight excluding hydrogens is 312 g/mol. The largest absolute Gasteiger partial charge is 0.370 e. The van der Waals surface area contributed by atoms with Crippen molar-refractivity contribution in [3.05, 3.63) is 64.0 Å². The number of nitrogens with zero attached hydrogens (tertiary/aromatic N) is 2. The minimum atomic E-state index is -0.584. The molecule has 1 atom stereocenters. The molecule has 0 saturated heterocycles. The van der Waals surface area contributed by atoms with Gasteiger partial charge in [-0.25, -0.2) is 0 Å². The van der Waals surface area contributed by atoms with Crippen LogP contribution in [0.4, 0.5) is 0 Å². The maximum atomic E-state index is 12.1. The molecule has 0 amide bonds. The summed E-state index contributed by atoms with van der Waals surface area (Å²) >= 11 is 6.11. The van der Waals surface area contributed by atoms with Crippen LogP contribution in [0.1, 0.15) is 12.0 Å². The van der Waals surface area contributed by atoms with Gasteiger partial charge in [-0.05, 0) is 34.9 Å². The van der Waals surface area contributed by atoms with Crippen molar-refractivity contribution in [3.63, 3.8) is 0 Å². The summed E-state index contributed by atoms with van der Waals surface area (Å²) in [5, 5.41) is 10.2. The molecule has 4 nitrogen and oxygen atoms in total. The second-order valence-electron chi connectivity index (χ2n) is 5.49. The van der Waals surface area contributed by atoms with Gasteiger partial charge < -0.3 is 9.64 Å². The molecule has 0 fully saturated rings. The predicted molar refractivity (Wildman–Crippen MR) is 88.3 cm³/mol. The van der Waals surface area contributed by atoms with Crippen molar-refractivity contribution < 1.29 is 9.53 Å². The van der Waals surface area contributed by atoms with E-state index in [1.165, 1.54) is 7.11 Å². The number of methoxy groups -OCH3 is 1. The van der Waals surface area contributed by atoms with E-state index in [1.807, 2.05) is 24.4 Å². The Labute approximate surface area is 139 Å². The van der Waals surface area contributed by atoms with Gasteiger partial charge in [0.15, 0.2) is 5.78 Å². The van der Waals surface area contributed by atoms with Crippen molar-refractivity contribution in [1.82, 2.24) is 4.90 Å². The first-order valence-corrected chi connectivity index (χ1v) is 7.55. The molecular formula is C18H15ClN2O2. The number of allylic oxidation sites excluding steroid dienone is 4. The maximum absolute atomic E-state index is 12.1. The van der Waals surface area contributed by atoms with E-state index < -0.39 is 6.10 Å². The zero-order chi connectivity index (χ0) is 16.6. The first kappa shape index (κ1) is 15.5. The number of benzene rings is 1. The highest BCUT2D eigenvalue weighted by Gasteiger charge is 2.32. The minimum Gasteiger partial charge on any atom is -0.370 e. The zero-order valence-electron chi connectivity index (χ0n) is 12.8. The number of halogens is 1. The first-order valence-electron chi connectivity index (χ1n) is 7.17. The first-order chi connectivity index (χ1) is 11.0. The van der Waals surface area contributed by atoms with Crippen LogP contribution >= 0.6 is 11.6 Å². The van der Waals surface area contributed by atoms with Crippen LogP contribution in [0.25, 0.3) is 5.57 Å². The van der Waals surface area contributed by atoms with E-state index in [9.17, 15) is 10.1 Å². The van der Waals surface area contributed by atoms with E-state index in [1.54, 1.807) is 24.1 Å². The standard InChI is InChI=1S/C18H15ClN2O2/c1-21-10-12-7-16(22)17(23-2)8-14(12)18(15(21)9-20)11-4-3-5-13(19)6-11/h3-6,8,10,17H,7H2,1-2H3. The molecule has 2 aliphatic rings. The van der Waals surface area contributed by atoms with Crippen molar-refractivity contribution in [2.75, 3.05) is 14.2 Å². The van der Waals surface area contributed by atoms with Crippen molar-refractivity contribution in [2.45, 2.75) is 12.5 Å². The third-order valence-electron chi connectivity index (χ3n) is 4.03. The normalized spacial score (nSPS) is 20.7. The highest BCUT2D eigenvalue weighted by Crippen LogP contribution is 2.41. The van der Waals surface area contributed by atoms with Gasteiger partial charge in [0.2, 0.25) is 0 Å². The van der Waals surface area contributed by atoms with E-state index in [0.717, 1.165) is 22.3 Å². The fourth-order valence-electron chi connectivity index (χ4n) is 2.97. The Morgan fingerprint density at radius 2 is 2.22 bits per heavy atom. The van der Waals surface area contributed by atoms with Gasteiger partial charge >= 0.3 is 0 Å². The molecule has 5 heteroatoms. The third kappa shape index (κ3) is 2.70. The van der Waals surface area contributed by atoms with E-state index in [-0.39, 0.29) is 12.2 Å². The lowest BCUT2D eigenvalue weighted by Gasteiger charge is -2.31. The highest BCUT2D eigenvalue weighted by molar-refractivity contribution is 6.30.